The van der Waals surface area contributed by atoms with Crippen molar-refractivity contribution < 1.29 is 9.90 Å². The lowest BCUT2D eigenvalue weighted by atomic mass is 9.97. The van der Waals surface area contributed by atoms with Gasteiger partial charge >= 0.3 is 0 Å². The van der Waals surface area contributed by atoms with Crippen LogP contribution in [0.2, 0.25) is 0 Å². The van der Waals surface area contributed by atoms with Gasteiger partial charge in [-0.1, -0.05) is 6.92 Å². The lowest BCUT2D eigenvalue weighted by Gasteiger charge is -2.34. The van der Waals surface area contributed by atoms with Gasteiger partial charge in [0.25, 0.3) is 5.91 Å². The van der Waals surface area contributed by atoms with Gasteiger partial charge in [-0.05, 0) is 30.9 Å². The molecule has 1 amide bonds. The van der Waals surface area contributed by atoms with Gasteiger partial charge in [-0.3, -0.25) is 9.78 Å². The van der Waals surface area contributed by atoms with E-state index in [1.165, 1.54) is 0 Å². The van der Waals surface area contributed by atoms with E-state index in [0.717, 1.165) is 12.0 Å². The third-order valence-corrected chi connectivity index (χ3v) is 3.19. The molecule has 2 atom stereocenters. The van der Waals surface area contributed by atoms with Gasteiger partial charge in [-0.15, -0.1) is 0 Å². The molecule has 4 heteroatoms. The van der Waals surface area contributed by atoms with Crippen molar-refractivity contribution in [3.05, 3.63) is 29.6 Å². The number of nitrogens with zero attached hydrogens (tertiary/aromatic N) is 2. The Morgan fingerprint density at radius 3 is 2.94 bits per heavy atom. The Kier molecular flexibility index (Phi) is 3.43. The van der Waals surface area contributed by atoms with Gasteiger partial charge in [0.1, 0.15) is 0 Å². The second-order valence-corrected chi connectivity index (χ2v) is 4.90. The van der Waals surface area contributed by atoms with Crippen molar-refractivity contribution in [2.45, 2.75) is 26.4 Å². The van der Waals surface area contributed by atoms with Crippen LogP contribution in [0.1, 0.15) is 29.3 Å². The van der Waals surface area contributed by atoms with E-state index in [1.807, 2.05) is 13.0 Å². The zero-order valence-corrected chi connectivity index (χ0v) is 10.3. The molecule has 1 aromatic rings. The number of carbonyl (C=O) groups excluding carboxylic acids is 1. The van der Waals surface area contributed by atoms with Gasteiger partial charge < -0.3 is 10.0 Å². The Bertz CT molecular complexity index is 410. The number of rotatable bonds is 1. The second-order valence-electron chi connectivity index (χ2n) is 4.90. The zero-order chi connectivity index (χ0) is 12.4. The molecule has 1 fully saturated rings. The predicted octanol–water partition coefficient (Wildman–Crippen LogP) is 1.23. The molecule has 1 saturated heterocycles. The summed E-state index contributed by atoms with van der Waals surface area (Å²) in [5.74, 6) is 0.320. The van der Waals surface area contributed by atoms with E-state index in [1.54, 1.807) is 17.3 Å². The first-order valence-electron chi connectivity index (χ1n) is 5.96. The lowest BCUT2D eigenvalue weighted by Crippen LogP contribution is -2.45. The second kappa shape index (κ2) is 4.84. The number of likely N-dealkylation sites (tertiary alicyclic amines) is 1. The minimum Gasteiger partial charge on any atom is -0.391 e. The Morgan fingerprint density at radius 1 is 1.53 bits per heavy atom. The highest BCUT2D eigenvalue weighted by atomic mass is 16.3. The number of aryl methyl sites for hydroxylation is 1. The molecule has 0 unspecified atom stereocenters. The number of pyridine rings is 1. The minimum absolute atomic E-state index is 0.0267. The first-order valence-corrected chi connectivity index (χ1v) is 5.96. The van der Waals surface area contributed by atoms with Crippen LogP contribution in [-0.4, -0.2) is 40.1 Å². The van der Waals surface area contributed by atoms with E-state index in [4.69, 9.17) is 0 Å². The number of carbonyl (C=O) groups is 1. The van der Waals surface area contributed by atoms with Gasteiger partial charge in [-0.25, -0.2) is 0 Å². The fourth-order valence-corrected chi connectivity index (χ4v) is 2.34. The maximum absolute atomic E-state index is 12.3. The molecule has 92 valence electrons. The Morgan fingerprint density at radius 2 is 2.29 bits per heavy atom. The van der Waals surface area contributed by atoms with Crippen molar-refractivity contribution in [3.8, 4) is 0 Å². The molecule has 2 rings (SSSR count). The number of hydrogen-bond acceptors (Lipinski definition) is 3. The van der Waals surface area contributed by atoms with Crippen LogP contribution in [0.3, 0.4) is 0 Å². The molecule has 2 heterocycles. The first kappa shape index (κ1) is 12.0. The van der Waals surface area contributed by atoms with Crippen molar-refractivity contribution in [1.82, 2.24) is 9.88 Å². The van der Waals surface area contributed by atoms with Crippen molar-refractivity contribution in [2.75, 3.05) is 13.1 Å². The average molecular weight is 234 g/mol. The maximum Gasteiger partial charge on any atom is 0.255 e. The van der Waals surface area contributed by atoms with Crippen LogP contribution in [0.5, 0.6) is 0 Å². The third kappa shape index (κ3) is 2.64. The van der Waals surface area contributed by atoms with E-state index in [9.17, 15) is 9.90 Å². The number of hydrogen-bond donors (Lipinski definition) is 1. The smallest absolute Gasteiger partial charge is 0.255 e. The normalized spacial score (nSPS) is 24.8. The van der Waals surface area contributed by atoms with E-state index in [-0.39, 0.29) is 5.91 Å². The molecule has 0 aliphatic carbocycles. The molecule has 4 nitrogen and oxygen atoms in total. The number of aliphatic hydroxyl groups is 1. The zero-order valence-electron chi connectivity index (χ0n) is 10.3. The van der Waals surface area contributed by atoms with E-state index in [0.29, 0.717) is 24.6 Å². The fourth-order valence-electron chi connectivity index (χ4n) is 2.34. The molecular weight excluding hydrogens is 216 g/mol. The highest BCUT2D eigenvalue weighted by Gasteiger charge is 2.27. The summed E-state index contributed by atoms with van der Waals surface area (Å²) in [6, 6.07) is 1.83. The highest BCUT2D eigenvalue weighted by molar-refractivity contribution is 5.95. The molecule has 0 spiro atoms. The van der Waals surface area contributed by atoms with Crippen LogP contribution in [-0.2, 0) is 0 Å². The molecule has 0 radical (unpaired) electrons. The van der Waals surface area contributed by atoms with Crippen molar-refractivity contribution in [2.24, 2.45) is 5.92 Å². The lowest BCUT2D eigenvalue weighted by molar-refractivity contribution is 0.0338. The maximum atomic E-state index is 12.3. The molecular formula is C13H18N2O2. The molecule has 1 aromatic heterocycles. The number of aromatic nitrogens is 1. The van der Waals surface area contributed by atoms with Crippen LogP contribution in [0.25, 0.3) is 0 Å². The Balaban J connectivity index is 2.17. The molecule has 17 heavy (non-hydrogen) atoms. The van der Waals surface area contributed by atoms with Crippen molar-refractivity contribution in [3.63, 3.8) is 0 Å². The quantitative estimate of drug-likeness (QED) is 0.795. The Hall–Kier alpha value is -1.42. The highest BCUT2D eigenvalue weighted by Crippen LogP contribution is 2.19. The summed E-state index contributed by atoms with van der Waals surface area (Å²) < 4.78 is 0. The van der Waals surface area contributed by atoms with Crippen LogP contribution in [0.4, 0.5) is 0 Å². The number of β-amino-alcohol motifs (C(OH)–C–C–N with tert-alkyl or cyclic N) is 1. The van der Waals surface area contributed by atoms with Crippen molar-refractivity contribution in [1.29, 1.82) is 0 Å². The van der Waals surface area contributed by atoms with E-state index >= 15 is 0 Å². The van der Waals surface area contributed by atoms with Crippen molar-refractivity contribution >= 4 is 5.91 Å². The molecule has 1 aliphatic rings. The number of piperidine rings is 1. The summed E-state index contributed by atoms with van der Waals surface area (Å²) in [5, 5.41) is 9.71. The SMILES string of the molecule is Cc1ccncc1C(=O)N1C[C@H](C)C[C@H](O)C1. The summed E-state index contributed by atoms with van der Waals surface area (Å²) >= 11 is 0. The molecule has 1 N–H and O–H groups in total. The van der Waals surface area contributed by atoms with Gasteiger partial charge in [-0.2, -0.15) is 0 Å². The Labute approximate surface area is 101 Å². The van der Waals surface area contributed by atoms with Gasteiger partial charge in [0.15, 0.2) is 0 Å². The van der Waals surface area contributed by atoms with Crippen LogP contribution in [0, 0.1) is 12.8 Å². The topological polar surface area (TPSA) is 53.4 Å². The number of aliphatic hydroxyl groups excluding tert-OH is 1. The van der Waals surface area contributed by atoms with Crippen LogP contribution in [0.15, 0.2) is 18.5 Å². The number of amides is 1. The summed E-state index contributed by atoms with van der Waals surface area (Å²) in [6.07, 6.45) is 3.65. The summed E-state index contributed by atoms with van der Waals surface area (Å²) in [5.41, 5.74) is 1.56. The molecule has 0 aromatic carbocycles. The summed E-state index contributed by atoms with van der Waals surface area (Å²) in [4.78, 5) is 18.0. The van der Waals surface area contributed by atoms with Crippen LogP contribution >= 0.6 is 0 Å². The molecule has 1 aliphatic heterocycles. The van der Waals surface area contributed by atoms with Crippen LogP contribution < -0.4 is 0 Å². The standard InChI is InChI=1S/C13H18N2O2/c1-9-5-11(16)8-15(7-9)13(17)12-6-14-4-3-10(12)2/h3-4,6,9,11,16H,5,7-8H2,1-2H3/t9-,11+/m1/s1. The monoisotopic (exact) mass is 234 g/mol. The average Bonchev–Trinajstić information content (AvgIpc) is 2.27. The molecule has 0 bridgehead atoms. The summed E-state index contributed by atoms with van der Waals surface area (Å²) in [7, 11) is 0. The van der Waals surface area contributed by atoms with Gasteiger partial charge in [0, 0.05) is 25.5 Å². The fraction of sp³-hybridized carbons (Fsp3) is 0.538. The van der Waals surface area contributed by atoms with E-state index < -0.39 is 6.10 Å². The molecule has 0 saturated carbocycles. The third-order valence-electron chi connectivity index (χ3n) is 3.19. The minimum atomic E-state index is -0.403. The van der Waals surface area contributed by atoms with Gasteiger partial charge in [0.2, 0.25) is 0 Å². The predicted molar refractivity (Wildman–Crippen MR) is 64.7 cm³/mol. The largest absolute Gasteiger partial charge is 0.391 e. The van der Waals surface area contributed by atoms with E-state index in [2.05, 4.69) is 11.9 Å². The van der Waals surface area contributed by atoms with Gasteiger partial charge in [0.05, 0.1) is 11.7 Å². The first-order chi connectivity index (χ1) is 8.08. The summed E-state index contributed by atoms with van der Waals surface area (Å²) in [6.45, 7) is 5.10.